The average molecular weight is 314 g/mol. The van der Waals surface area contributed by atoms with Crippen LogP contribution in [-0.2, 0) is 4.79 Å². The Balaban J connectivity index is 1.48. The van der Waals surface area contributed by atoms with Gasteiger partial charge in [0, 0.05) is 31.8 Å². The quantitative estimate of drug-likeness (QED) is 0.833. The van der Waals surface area contributed by atoms with Crippen LogP contribution >= 0.6 is 0 Å². The summed E-state index contributed by atoms with van der Waals surface area (Å²) in [6.45, 7) is 1.29. The van der Waals surface area contributed by atoms with E-state index in [-0.39, 0.29) is 23.6 Å². The van der Waals surface area contributed by atoms with Gasteiger partial charge >= 0.3 is 0 Å². The Hall–Kier alpha value is -2.16. The van der Waals surface area contributed by atoms with Crippen LogP contribution in [0.15, 0.2) is 12.4 Å². The minimum absolute atomic E-state index is 0.103. The molecule has 6 nitrogen and oxygen atoms in total. The van der Waals surface area contributed by atoms with Gasteiger partial charge in [-0.25, -0.2) is 9.97 Å². The molecule has 0 aromatic carbocycles. The molecule has 1 atom stereocenters. The van der Waals surface area contributed by atoms with Crippen molar-refractivity contribution in [1.29, 1.82) is 5.26 Å². The van der Waals surface area contributed by atoms with Crippen LogP contribution < -0.4 is 4.74 Å². The second-order valence-corrected chi connectivity index (χ2v) is 6.38. The third-order valence-electron chi connectivity index (χ3n) is 4.79. The molecule has 1 saturated carbocycles. The third-order valence-corrected chi connectivity index (χ3v) is 4.79. The number of nitriles is 1. The molecule has 1 aliphatic heterocycles. The standard InChI is InChI=1S/C17H22N4O2/c18-11-15-17(20-9-8-19-15)23-14-7-10-21(12-14)16(22)6-5-13-3-1-2-4-13/h8-9,13-14H,1-7,10,12H2/t14-/m1/s1. The summed E-state index contributed by atoms with van der Waals surface area (Å²) >= 11 is 0. The molecule has 0 spiro atoms. The van der Waals surface area contributed by atoms with E-state index in [2.05, 4.69) is 9.97 Å². The molecule has 0 unspecified atom stereocenters. The maximum absolute atomic E-state index is 12.3. The molecule has 1 aromatic heterocycles. The maximum Gasteiger partial charge on any atom is 0.251 e. The Bertz CT molecular complexity index is 593. The van der Waals surface area contributed by atoms with Crippen LogP contribution in [0.2, 0.25) is 0 Å². The predicted octanol–water partition coefficient (Wildman–Crippen LogP) is 2.30. The second kappa shape index (κ2) is 7.40. The zero-order chi connectivity index (χ0) is 16.1. The van der Waals surface area contributed by atoms with E-state index in [0.29, 0.717) is 13.0 Å². The minimum Gasteiger partial charge on any atom is -0.470 e. The van der Waals surface area contributed by atoms with Crippen LogP contribution in [0.1, 0.15) is 50.6 Å². The van der Waals surface area contributed by atoms with Crippen molar-refractivity contribution in [2.75, 3.05) is 13.1 Å². The van der Waals surface area contributed by atoms with E-state index in [4.69, 9.17) is 10.00 Å². The Morgan fingerprint density at radius 3 is 2.87 bits per heavy atom. The van der Waals surface area contributed by atoms with E-state index >= 15 is 0 Å². The van der Waals surface area contributed by atoms with Gasteiger partial charge in [-0.15, -0.1) is 0 Å². The number of amides is 1. The van der Waals surface area contributed by atoms with Crippen LogP contribution in [0.4, 0.5) is 0 Å². The van der Waals surface area contributed by atoms with E-state index in [9.17, 15) is 4.79 Å². The van der Waals surface area contributed by atoms with Crippen LogP contribution in [0.5, 0.6) is 5.88 Å². The highest BCUT2D eigenvalue weighted by Gasteiger charge is 2.29. The van der Waals surface area contributed by atoms with E-state index in [0.717, 1.165) is 25.3 Å². The number of nitrogens with zero attached hydrogens (tertiary/aromatic N) is 4. The van der Waals surface area contributed by atoms with Crippen LogP contribution in [0, 0.1) is 17.2 Å². The smallest absolute Gasteiger partial charge is 0.251 e. The van der Waals surface area contributed by atoms with E-state index in [1.807, 2.05) is 11.0 Å². The van der Waals surface area contributed by atoms with Crippen molar-refractivity contribution in [2.45, 2.75) is 51.0 Å². The summed E-state index contributed by atoms with van der Waals surface area (Å²) < 4.78 is 5.77. The molecular weight excluding hydrogens is 292 g/mol. The van der Waals surface area contributed by atoms with Crippen molar-refractivity contribution in [3.8, 4) is 11.9 Å². The molecule has 0 N–H and O–H groups in total. The zero-order valence-electron chi connectivity index (χ0n) is 13.3. The Labute approximate surface area is 136 Å². The van der Waals surface area contributed by atoms with Crippen molar-refractivity contribution < 1.29 is 9.53 Å². The lowest BCUT2D eigenvalue weighted by Gasteiger charge is -2.18. The number of likely N-dealkylation sites (tertiary alicyclic amines) is 1. The van der Waals surface area contributed by atoms with Gasteiger partial charge in [-0.1, -0.05) is 25.7 Å². The Kier molecular flexibility index (Phi) is 5.06. The number of hydrogen-bond donors (Lipinski definition) is 0. The summed E-state index contributed by atoms with van der Waals surface area (Å²) in [7, 11) is 0. The van der Waals surface area contributed by atoms with Gasteiger partial charge in [-0.05, 0) is 12.3 Å². The van der Waals surface area contributed by atoms with Gasteiger partial charge < -0.3 is 9.64 Å². The highest BCUT2D eigenvalue weighted by Crippen LogP contribution is 2.29. The average Bonchev–Trinajstić information content (AvgIpc) is 3.25. The van der Waals surface area contributed by atoms with Crippen LogP contribution in [0.3, 0.4) is 0 Å². The van der Waals surface area contributed by atoms with Crippen molar-refractivity contribution >= 4 is 5.91 Å². The number of carbonyl (C=O) groups is 1. The summed E-state index contributed by atoms with van der Waals surface area (Å²) in [6.07, 6.45) is 10.5. The Morgan fingerprint density at radius 2 is 2.09 bits per heavy atom. The lowest BCUT2D eigenvalue weighted by Crippen LogP contribution is -2.31. The second-order valence-electron chi connectivity index (χ2n) is 6.38. The van der Waals surface area contributed by atoms with Gasteiger partial charge in [-0.2, -0.15) is 5.26 Å². The van der Waals surface area contributed by atoms with Gasteiger partial charge in [0.2, 0.25) is 11.6 Å². The van der Waals surface area contributed by atoms with Crippen LogP contribution in [-0.4, -0.2) is 40.0 Å². The summed E-state index contributed by atoms with van der Waals surface area (Å²) in [5.41, 5.74) is 0.193. The number of ether oxygens (including phenoxy) is 1. The fourth-order valence-corrected chi connectivity index (χ4v) is 3.48. The van der Waals surface area contributed by atoms with Gasteiger partial charge in [0.15, 0.2) is 0 Å². The molecule has 1 amide bonds. The largest absolute Gasteiger partial charge is 0.470 e. The summed E-state index contributed by atoms with van der Waals surface area (Å²) in [5, 5.41) is 9.01. The number of aromatic nitrogens is 2. The summed E-state index contributed by atoms with van der Waals surface area (Å²) in [5.74, 6) is 1.23. The molecule has 122 valence electrons. The lowest BCUT2D eigenvalue weighted by molar-refractivity contribution is -0.130. The molecule has 2 heterocycles. The van der Waals surface area contributed by atoms with Crippen molar-refractivity contribution in [1.82, 2.24) is 14.9 Å². The molecule has 0 radical (unpaired) electrons. The van der Waals surface area contributed by atoms with Crippen molar-refractivity contribution in [3.63, 3.8) is 0 Å². The highest BCUT2D eigenvalue weighted by molar-refractivity contribution is 5.76. The minimum atomic E-state index is -0.103. The van der Waals surface area contributed by atoms with Crippen LogP contribution in [0.25, 0.3) is 0 Å². The molecule has 1 aliphatic carbocycles. The van der Waals surface area contributed by atoms with E-state index in [1.165, 1.54) is 38.1 Å². The molecule has 0 bridgehead atoms. The number of rotatable bonds is 5. The molecule has 6 heteroatoms. The molecule has 1 aromatic rings. The first kappa shape index (κ1) is 15.7. The van der Waals surface area contributed by atoms with Gasteiger partial charge in [-0.3, -0.25) is 4.79 Å². The monoisotopic (exact) mass is 314 g/mol. The fraction of sp³-hybridized carbons (Fsp3) is 0.647. The van der Waals surface area contributed by atoms with Gasteiger partial charge in [0.25, 0.3) is 5.88 Å². The first-order chi connectivity index (χ1) is 11.3. The fourth-order valence-electron chi connectivity index (χ4n) is 3.48. The first-order valence-corrected chi connectivity index (χ1v) is 8.42. The lowest BCUT2D eigenvalue weighted by atomic mass is 10.0. The number of carbonyl (C=O) groups excluding carboxylic acids is 1. The topological polar surface area (TPSA) is 79.1 Å². The normalized spacial score (nSPS) is 21.3. The Morgan fingerprint density at radius 1 is 1.30 bits per heavy atom. The highest BCUT2D eigenvalue weighted by atomic mass is 16.5. The third kappa shape index (κ3) is 3.98. The molecular formula is C17H22N4O2. The van der Waals surface area contributed by atoms with Crippen molar-refractivity contribution in [3.05, 3.63) is 18.1 Å². The first-order valence-electron chi connectivity index (χ1n) is 8.42. The molecule has 1 saturated heterocycles. The SMILES string of the molecule is N#Cc1nccnc1O[C@@H]1CCN(C(=O)CCC2CCCC2)C1. The summed E-state index contributed by atoms with van der Waals surface area (Å²) in [6, 6.07) is 1.98. The number of hydrogen-bond acceptors (Lipinski definition) is 5. The molecule has 3 rings (SSSR count). The summed E-state index contributed by atoms with van der Waals surface area (Å²) in [4.78, 5) is 22.2. The van der Waals surface area contributed by atoms with Crippen molar-refractivity contribution in [2.24, 2.45) is 5.92 Å². The maximum atomic E-state index is 12.3. The van der Waals surface area contributed by atoms with E-state index in [1.54, 1.807) is 0 Å². The molecule has 2 fully saturated rings. The van der Waals surface area contributed by atoms with Gasteiger partial charge in [0.05, 0.1) is 6.54 Å². The predicted molar refractivity (Wildman–Crippen MR) is 83.6 cm³/mol. The molecule has 2 aliphatic rings. The molecule has 23 heavy (non-hydrogen) atoms. The zero-order valence-corrected chi connectivity index (χ0v) is 13.3. The van der Waals surface area contributed by atoms with Gasteiger partial charge in [0.1, 0.15) is 12.2 Å². The van der Waals surface area contributed by atoms with E-state index < -0.39 is 0 Å².